The molecule has 0 fully saturated rings. The number of benzene rings is 1. The Kier molecular flexibility index (Phi) is 15.6. The molecule has 46 heavy (non-hydrogen) atoms. The van der Waals surface area contributed by atoms with Crippen LogP contribution >= 0.6 is 0 Å². The van der Waals surface area contributed by atoms with E-state index in [1.165, 1.54) is 12.2 Å². The van der Waals surface area contributed by atoms with Gasteiger partial charge in [-0.1, -0.05) is 39.8 Å². The smallest absolute Gasteiger partial charge is 0.312 e. The van der Waals surface area contributed by atoms with Crippen LogP contribution in [0, 0.1) is 17.8 Å². The number of carbonyl (C=O) groups excluding carboxylic acids is 7. The molecule has 0 aromatic heterocycles. The molecule has 0 radical (unpaired) electrons. The SMILES string of the molecule is CC(C)C(=O)OCc1ccc(NC(=O)[C@H](CCCNC(N)=O)CC(=O)[C@@H](NC(=O)CCOCCN2C(=O)C=CC2=O)C(C)C)cc1. The van der Waals surface area contributed by atoms with Gasteiger partial charge in [0.15, 0.2) is 5.78 Å². The summed E-state index contributed by atoms with van der Waals surface area (Å²) in [5, 5.41) is 8.02. The first kappa shape index (κ1) is 37.6. The molecule has 2 rings (SSSR count). The Bertz CT molecular complexity index is 1260. The van der Waals surface area contributed by atoms with E-state index in [1.807, 2.05) is 0 Å². The van der Waals surface area contributed by atoms with Gasteiger partial charge in [-0.2, -0.15) is 0 Å². The van der Waals surface area contributed by atoms with Gasteiger partial charge in [0.1, 0.15) is 6.61 Å². The summed E-state index contributed by atoms with van der Waals surface area (Å²) in [7, 11) is 0. The second-order valence-electron chi connectivity index (χ2n) is 11.6. The van der Waals surface area contributed by atoms with E-state index in [2.05, 4.69) is 16.0 Å². The van der Waals surface area contributed by atoms with Crippen molar-refractivity contribution < 1.29 is 43.0 Å². The average Bonchev–Trinajstić information content (AvgIpc) is 3.32. The zero-order chi connectivity index (χ0) is 34.2. The minimum Gasteiger partial charge on any atom is -0.461 e. The number of nitrogens with zero attached hydrogens (tertiary/aromatic N) is 1. The van der Waals surface area contributed by atoms with Gasteiger partial charge in [-0.05, 0) is 36.5 Å². The van der Waals surface area contributed by atoms with Crippen molar-refractivity contribution in [2.75, 3.05) is 31.6 Å². The molecule has 14 nitrogen and oxygen atoms in total. The quantitative estimate of drug-likeness (QED) is 0.0928. The summed E-state index contributed by atoms with van der Waals surface area (Å²) in [6.07, 6.45) is 2.81. The number of anilines is 1. The van der Waals surface area contributed by atoms with Crippen molar-refractivity contribution in [3.05, 3.63) is 42.0 Å². The lowest BCUT2D eigenvalue weighted by molar-refractivity contribution is -0.148. The Labute approximate surface area is 268 Å². The maximum Gasteiger partial charge on any atom is 0.312 e. The summed E-state index contributed by atoms with van der Waals surface area (Å²) in [6.45, 7) is 7.51. The number of imide groups is 1. The fourth-order valence-electron chi connectivity index (χ4n) is 4.44. The highest BCUT2D eigenvalue weighted by molar-refractivity contribution is 6.12. The molecule has 1 aromatic carbocycles. The normalized spacial score (nSPS) is 13.9. The summed E-state index contributed by atoms with van der Waals surface area (Å²) in [5.41, 5.74) is 6.36. The number of Topliss-reactive ketones (excluding diaryl/α,β-unsaturated/α-hetero) is 1. The van der Waals surface area contributed by atoms with Crippen molar-refractivity contribution in [2.45, 2.75) is 66.0 Å². The molecule has 0 spiro atoms. The number of hydrogen-bond donors (Lipinski definition) is 4. The van der Waals surface area contributed by atoms with Crippen molar-refractivity contribution in [3.8, 4) is 0 Å². The van der Waals surface area contributed by atoms with Crippen LogP contribution in [0.1, 0.15) is 58.9 Å². The Morgan fingerprint density at radius 1 is 0.935 bits per heavy atom. The van der Waals surface area contributed by atoms with E-state index in [9.17, 15) is 33.6 Å². The van der Waals surface area contributed by atoms with Crippen LogP contribution in [-0.4, -0.2) is 78.7 Å². The molecule has 1 aliphatic rings. The van der Waals surface area contributed by atoms with E-state index >= 15 is 0 Å². The second kappa shape index (κ2) is 19.0. The van der Waals surface area contributed by atoms with Gasteiger partial charge in [0.05, 0.1) is 31.7 Å². The minimum absolute atomic E-state index is 0.0192. The van der Waals surface area contributed by atoms with Crippen LogP contribution in [0.15, 0.2) is 36.4 Å². The van der Waals surface area contributed by atoms with Gasteiger partial charge in [-0.15, -0.1) is 0 Å². The Balaban J connectivity index is 1.95. The molecule has 0 saturated heterocycles. The highest BCUT2D eigenvalue weighted by Crippen LogP contribution is 2.20. The van der Waals surface area contributed by atoms with Crippen LogP contribution in [-0.2, 0) is 44.8 Å². The molecule has 0 aliphatic carbocycles. The molecular formula is C32H45N5O9. The average molecular weight is 644 g/mol. The molecule has 252 valence electrons. The predicted molar refractivity (Wildman–Crippen MR) is 168 cm³/mol. The number of rotatable bonds is 20. The maximum atomic E-state index is 13.4. The molecule has 0 bridgehead atoms. The van der Waals surface area contributed by atoms with E-state index in [-0.39, 0.29) is 75.8 Å². The molecule has 1 heterocycles. The van der Waals surface area contributed by atoms with Crippen molar-refractivity contribution in [2.24, 2.45) is 23.5 Å². The zero-order valence-corrected chi connectivity index (χ0v) is 26.8. The van der Waals surface area contributed by atoms with Crippen molar-refractivity contribution in [1.82, 2.24) is 15.5 Å². The third-order valence-corrected chi connectivity index (χ3v) is 7.08. The standard InChI is InChI=1S/C32H45N5O9/c1-20(2)29(36-26(39)13-16-45-17-15-37-27(40)11-12-28(37)41)25(38)18-23(6-5-14-34-32(33)44)30(42)35-24-9-7-22(8-10-24)19-46-31(43)21(3)4/h7-12,20-21,23,29H,5-6,13-19H2,1-4H3,(H,35,42)(H,36,39)(H3,33,34,44)/t23-,29+/m1/s1. The van der Waals surface area contributed by atoms with Gasteiger partial charge in [-0.3, -0.25) is 33.7 Å². The summed E-state index contributed by atoms with van der Waals surface area (Å²) in [5.74, 6) is -3.58. The highest BCUT2D eigenvalue weighted by Gasteiger charge is 2.29. The molecule has 0 saturated carbocycles. The first-order chi connectivity index (χ1) is 21.8. The number of nitrogens with two attached hydrogens (primary N) is 1. The lowest BCUT2D eigenvalue weighted by Gasteiger charge is -2.24. The minimum atomic E-state index is -0.856. The number of urea groups is 1. The Hall–Kier alpha value is -4.59. The molecule has 1 aromatic rings. The Morgan fingerprint density at radius 3 is 2.17 bits per heavy atom. The summed E-state index contributed by atoms with van der Waals surface area (Å²) >= 11 is 0. The summed E-state index contributed by atoms with van der Waals surface area (Å²) in [6, 6.07) is 5.22. The van der Waals surface area contributed by atoms with Gasteiger partial charge in [0, 0.05) is 43.1 Å². The van der Waals surface area contributed by atoms with Crippen LogP contribution in [0.5, 0.6) is 0 Å². The first-order valence-electron chi connectivity index (χ1n) is 15.3. The van der Waals surface area contributed by atoms with Crippen LogP contribution in [0.25, 0.3) is 0 Å². The van der Waals surface area contributed by atoms with Gasteiger partial charge in [-0.25, -0.2) is 4.79 Å². The fourth-order valence-corrected chi connectivity index (χ4v) is 4.44. The fraction of sp³-hybridized carbons (Fsp3) is 0.531. The lowest BCUT2D eigenvalue weighted by Crippen LogP contribution is -2.46. The number of primary amides is 1. The summed E-state index contributed by atoms with van der Waals surface area (Å²) < 4.78 is 10.6. The number of amides is 6. The second-order valence-corrected chi connectivity index (χ2v) is 11.6. The molecular weight excluding hydrogens is 598 g/mol. The third-order valence-electron chi connectivity index (χ3n) is 7.08. The number of esters is 1. The molecule has 14 heteroatoms. The van der Waals surface area contributed by atoms with Gasteiger partial charge < -0.3 is 31.2 Å². The topological polar surface area (TPSA) is 203 Å². The van der Waals surface area contributed by atoms with Crippen molar-refractivity contribution >= 4 is 47.1 Å². The summed E-state index contributed by atoms with van der Waals surface area (Å²) in [4.78, 5) is 86.4. The van der Waals surface area contributed by atoms with E-state index in [0.717, 1.165) is 10.5 Å². The van der Waals surface area contributed by atoms with Gasteiger partial charge in [0.2, 0.25) is 11.8 Å². The van der Waals surface area contributed by atoms with Crippen LogP contribution in [0.3, 0.4) is 0 Å². The monoisotopic (exact) mass is 643 g/mol. The highest BCUT2D eigenvalue weighted by atomic mass is 16.5. The number of nitrogens with one attached hydrogen (secondary N) is 3. The predicted octanol–water partition coefficient (Wildman–Crippen LogP) is 1.82. The molecule has 6 amide bonds. The molecule has 0 unspecified atom stereocenters. The third kappa shape index (κ3) is 13.2. The first-order valence-corrected chi connectivity index (χ1v) is 15.3. The van der Waals surface area contributed by atoms with Crippen molar-refractivity contribution in [1.29, 1.82) is 0 Å². The maximum absolute atomic E-state index is 13.4. The van der Waals surface area contributed by atoms with E-state index in [4.69, 9.17) is 15.2 Å². The van der Waals surface area contributed by atoms with E-state index in [1.54, 1.807) is 52.0 Å². The number of hydrogen-bond acceptors (Lipinski definition) is 9. The lowest BCUT2D eigenvalue weighted by atomic mass is 9.89. The van der Waals surface area contributed by atoms with Crippen LogP contribution < -0.4 is 21.7 Å². The van der Waals surface area contributed by atoms with Crippen molar-refractivity contribution in [3.63, 3.8) is 0 Å². The number of ether oxygens (including phenoxy) is 2. The zero-order valence-electron chi connectivity index (χ0n) is 26.8. The molecule has 1 aliphatic heterocycles. The largest absolute Gasteiger partial charge is 0.461 e. The van der Waals surface area contributed by atoms with Gasteiger partial charge in [0.25, 0.3) is 11.8 Å². The molecule has 2 atom stereocenters. The number of carbonyl (C=O) groups is 7. The van der Waals surface area contributed by atoms with E-state index < -0.39 is 41.6 Å². The molecule has 5 N–H and O–H groups in total. The Morgan fingerprint density at radius 2 is 1.59 bits per heavy atom. The van der Waals surface area contributed by atoms with Gasteiger partial charge >= 0.3 is 12.0 Å². The van der Waals surface area contributed by atoms with Crippen LogP contribution in [0.4, 0.5) is 10.5 Å². The number of ketones is 1. The van der Waals surface area contributed by atoms with Crippen LogP contribution in [0.2, 0.25) is 0 Å². The van der Waals surface area contributed by atoms with E-state index in [0.29, 0.717) is 12.1 Å².